The molecule has 6 nitrogen and oxygen atoms in total. The van der Waals surface area contributed by atoms with Crippen molar-refractivity contribution in [2.45, 2.75) is 32.6 Å². The van der Waals surface area contributed by atoms with Crippen molar-refractivity contribution in [2.24, 2.45) is 0 Å². The summed E-state index contributed by atoms with van der Waals surface area (Å²) in [5.41, 5.74) is 2.98. The van der Waals surface area contributed by atoms with Gasteiger partial charge in [0.25, 0.3) is 5.91 Å². The molecule has 1 aliphatic rings. The Balaban J connectivity index is 1.53. The van der Waals surface area contributed by atoms with Crippen molar-refractivity contribution in [3.8, 4) is 0 Å². The molecule has 0 saturated heterocycles. The zero-order valence-electron chi connectivity index (χ0n) is 16.4. The van der Waals surface area contributed by atoms with Gasteiger partial charge < -0.3 is 14.6 Å². The van der Waals surface area contributed by atoms with E-state index in [0.717, 1.165) is 29.0 Å². The summed E-state index contributed by atoms with van der Waals surface area (Å²) in [6.07, 6.45) is 2.75. The zero-order valence-corrected chi connectivity index (χ0v) is 16.4. The quantitative estimate of drug-likeness (QED) is 0.764. The molecule has 6 heteroatoms. The van der Waals surface area contributed by atoms with Crippen LogP contribution in [-0.2, 0) is 16.6 Å². The number of imidazole rings is 1. The molecule has 0 spiro atoms. The molecule has 1 N–H and O–H groups in total. The van der Waals surface area contributed by atoms with Crippen LogP contribution in [0.1, 0.15) is 42.6 Å². The van der Waals surface area contributed by atoms with Gasteiger partial charge in [0.05, 0.1) is 12.1 Å². The van der Waals surface area contributed by atoms with Crippen LogP contribution in [0.4, 0.5) is 5.69 Å². The maximum Gasteiger partial charge on any atom is 0.272 e. The number of hydrogen-bond donors (Lipinski definition) is 1. The van der Waals surface area contributed by atoms with Crippen LogP contribution in [0.5, 0.6) is 0 Å². The van der Waals surface area contributed by atoms with E-state index in [1.54, 1.807) is 4.90 Å². The molecule has 4 rings (SSSR count). The molecule has 2 amide bonds. The van der Waals surface area contributed by atoms with Crippen LogP contribution in [0.15, 0.2) is 48.7 Å². The second-order valence-electron chi connectivity index (χ2n) is 8.10. The van der Waals surface area contributed by atoms with E-state index in [-0.39, 0.29) is 23.8 Å². The molecular weight excluding hydrogens is 352 g/mol. The SMILES string of the molecule is CC(C)(C)c1nc(C(=O)NCC(=O)N2CCc3ccccc32)c2ccccn12. The largest absolute Gasteiger partial charge is 0.342 e. The lowest BCUT2D eigenvalue weighted by Crippen LogP contribution is -2.39. The third-order valence-corrected chi connectivity index (χ3v) is 5.02. The van der Waals surface area contributed by atoms with E-state index in [0.29, 0.717) is 12.2 Å². The summed E-state index contributed by atoms with van der Waals surface area (Å²) >= 11 is 0. The van der Waals surface area contributed by atoms with Crippen LogP contribution in [-0.4, -0.2) is 34.3 Å². The minimum Gasteiger partial charge on any atom is -0.342 e. The second-order valence-corrected chi connectivity index (χ2v) is 8.10. The first-order valence-electron chi connectivity index (χ1n) is 9.50. The monoisotopic (exact) mass is 376 g/mol. The van der Waals surface area contributed by atoms with Gasteiger partial charge >= 0.3 is 0 Å². The van der Waals surface area contributed by atoms with Crippen LogP contribution in [0, 0.1) is 0 Å². The Kier molecular flexibility index (Phi) is 4.41. The number of pyridine rings is 1. The first kappa shape index (κ1) is 18.2. The molecule has 2 aromatic heterocycles. The summed E-state index contributed by atoms with van der Waals surface area (Å²) in [4.78, 5) is 31.8. The van der Waals surface area contributed by atoms with Crippen molar-refractivity contribution in [3.63, 3.8) is 0 Å². The van der Waals surface area contributed by atoms with Crippen LogP contribution in [0.2, 0.25) is 0 Å². The smallest absolute Gasteiger partial charge is 0.272 e. The summed E-state index contributed by atoms with van der Waals surface area (Å²) < 4.78 is 1.94. The molecule has 0 saturated carbocycles. The molecule has 1 aliphatic heterocycles. The fraction of sp³-hybridized carbons (Fsp3) is 0.318. The van der Waals surface area contributed by atoms with Gasteiger partial charge in [-0.15, -0.1) is 0 Å². The van der Waals surface area contributed by atoms with Gasteiger partial charge in [0, 0.05) is 23.8 Å². The first-order chi connectivity index (χ1) is 13.4. The van der Waals surface area contributed by atoms with Gasteiger partial charge in [0.1, 0.15) is 5.82 Å². The van der Waals surface area contributed by atoms with E-state index in [4.69, 9.17) is 0 Å². The summed E-state index contributed by atoms with van der Waals surface area (Å²) in [6, 6.07) is 13.6. The van der Waals surface area contributed by atoms with Crippen LogP contribution >= 0.6 is 0 Å². The van der Waals surface area contributed by atoms with Crippen molar-refractivity contribution in [1.82, 2.24) is 14.7 Å². The highest BCUT2D eigenvalue weighted by Crippen LogP contribution is 2.27. The maximum atomic E-state index is 12.8. The van der Waals surface area contributed by atoms with Crippen molar-refractivity contribution >= 4 is 23.0 Å². The highest BCUT2D eigenvalue weighted by molar-refractivity contribution is 6.03. The third-order valence-electron chi connectivity index (χ3n) is 5.02. The number of carbonyl (C=O) groups excluding carboxylic acids is 2. The molecule has 0 aliphatic carbocycles. The van der Waals surface area contributed by atoms with Crippen LogP contribution < -0.4 is 10.2 Å². The molecule has 3 aromatic rings. The van der Waals surface area contributed by atoms with Gasteiger partial charge in [-0.25, -0.2) is 4.98 Å². The van der Waals surface area contributed by atoms with Gasteiger partial charge in [0.2, 0.25) is 5.91 Å². The van der Waals surface area contributed by atoms with E-state index in [1.807, 2.05) is 53.1 Å². The van der Waals surface area contributed by atoms with Gasteiger partial charge in [0.15, 0.2) is 5.69 Å². The van der Waals surface area contributed by atoms with Crippen molar-refractivity contribution in [2.75, 3.05) is 18.0 Å². The number of aromatic nitrogens is 2. The summed E-state index contributed by atoms with van der Waals surface area (Å²) in [6.45, 7) is 6.78. The zero-order chi connectivity index (χ0) is 19.9. The lowest BCUT2D eigenvalue weighted by atomic mass is 9.96. The third kappa shape index (κ3) is 3.15. The standard InChI is InChI=1S/C22H24N4O2/c1-22(2,3)21-24-19(17-10-6-7-12-26(17)21)20(28)23-14-18(27)25-13-11-15-8-4-5-9-16(15)25/h4-10,12H,11,13-14H2,1-3H3,(H,23,28). The summed E-state index contributed by atoms with van der Waals surface area (Å²) in [5, 5.41) is 2.76. The minimum absolute atomic E-state index is 0.0517. The molecule has 144 valence electrons. The summed E-state index contributed by atoms with van der Waals surface area (Å²) in [5.74, 6) is 0.367. The Morgan fingerprint density at radius 3 is 2.64 bits per heavy atom. The normalized spacial score (nSPS) is 13.6. The fourth-order valence-corrected chi connectivity index (χ4v) is 3.67. The molecule has 0 unspecified atom stereocenters. The van der Waals surface area contributed by atoms with Crippen molar-refractivity contribution in [1.29, 1.82) is 0 Å². The van der Waals surface area contributed by atoms with E-state index in [2.05, 4.69) is 31.1 Å². The highest BCUT2D eigenvalue weighted by atomic mass is 16.2. The topological polar surface area (TPSA) is 66.7 Å². The summed E-state index contributed by atoms with van der Waals surface area (Å²) in [7, 11) is 0. The van der Waals surface area contributed by atoms with Gasteiger partial charge in [-0.1, -0.05) is 45.0 Å². The molecule has 28 heavy (non-hydrogen) atoms. The van der Waals surface area contributed by atoms with Crippen molar-refractivity contribution < 1.29 is 9.59 Å². The molecule has 1 aromatic carbocycles. The number of carbonyl (C=O) groups is 2. The number of nitrogens with zero attached hydrogens (tertiary/aromatic N) is 3. The molecule has 0 atom stereocenters. The van der Waals surface area contributed by atoms with Crippen molar-refractivity contribution in [3.05, 3.63) is 65.7 Å². The molecule has 0 radical (unpaired) electrons. The Morgan fingerprint density at radius 2 is 1.86 bits per heavy atom. The van der Waals surface area contributed by atoms with Crippen LogP contribution in [0.3, 0.4) is 0 Å². The molecule has 0 bridgehead atoms. The number of para-hydroxylation sites is 1. The predicted molar refractivity (Wildman–Crippen MR) is 109 cm³/mol. The molecule has 3 heterocycles. The van der Waals surface area contributed by atoms with E-state index in [1.165, 1.54) is 0 Å². The van der Waals surface area contributed by atoms with E-state index in [9.17, 15) is 9.59 Å². The molecular formula is C22H24N4O2. The van der Waals surface area contributed by atoms with Gasteiger partial charge in [-0.05, 0) is 30.2 Å². The number of amides is 2. The predicted octanol–water partition coefficient (Wildman–Crippen LogP) is 2.95. The Bertz CT molecular complexity index is 1060. The van der Waals surface area contributed by atoms with Gasteiger partial charge in [-0.3, -0.25) is 9.59 Å². The first-order valence-corrected chi connectivity index (χ1v) is 9.50. The highest BCUT2D eigenvalue weighted by Gasteiger charge is 2.27. The Hall–Kier alpha value is -3.15. The fourth-order valence-electron chi connectivity index (χ4n) is 3.67. The van der Waals surface area contributed by atoms with Gasteiger partial charge in [-0.2, -0.15) is 0 Å². The number of nitrogens with one attached hydrogen (secondary N) is 1. The molecule has 0 fully saturated rings. The number of anilines is 1. The lowest BCUT2D eigenvalue weighted by molar-refractivity contribution is -0.117. The van der Waals surface area contributed by atoms with E-state index >= 15 is 0 Å². The number of fused-ring (bicyclic) bond motifs is 2. The number of hydrogen-bond acceptors (Lipinski definition) is 3. The lowest BCUT2D eigenvalue weighted by Gasteiger charge is -2.17. The van der Waals surface area contributed by atoms with Crippen LogP contribution in [0.25, 0.3) is 5.52 Å². The maximum absolute atomic E-state index is 12.8. The Morgan fingerprint density at radius 1 is 1.11 bits per heavy atom. The number of rotatable bonds is 3. The number of benzene rings is 1. The van der Waals surface area contributed by atoms with E-state index < -0.39 is 0 Å². The minimum atomic E-state index is -0.333. The Labute approximate surface area is 164 Å². The average Bonchev–Trinajstić information content (AvgIpc) is 3.27. The second kappa shape index (κ2) is 6.78. The average molecular weight is 376 g/mol.